The number of carbonyl (C=O) groups excluding carboxylic acids is 1. The second-order valence-electron chi connectivity index (χ2n) is 6.52. The number of aromatic nitrogens is 1. The summed E-state index contributed by atoms with van der Waals surface area (Å²) in [4.78, 5) is 14.1. The van der Waals surface area contributed by atoms with Gasteiger partial charge in [-0.05, 0) is 12.1 Å². The summed E-state index contributed by atoms with van der Waals surface area (Å²) in [5.41, 5.74) is 1.95. The summed E-state index contributed by atoms with van der Waals surface area (Å²) in [7, 11) is -3.21. The Kier molecular flexibility index (Phi) is 5.63. The molecule has 2 aromatic rings. The first-order valence-corrected chi connectivity index (χ1v) is 10.6. The summed E-state index contributed by atoms with van der Waals surface area (Å²) >= 11 is 0. The molecule has 7 nitrogen and oxygen atoms in total. The minimum absolute atomic E-state index is 0.128. The molecule has 0 unspecified atom stereocenters. The van der Waals surface area contributed by atoms with Gasteiger partial charge < -0.3 is 9.47 Å². The molecule has 0 aliphatic carbocycles. The smallest absolute Gasteiger partial charge is 0.246 e. The standard InChI is InChI=1S/C19H22N4O3S/c1-27(25,26)23-13-11-21(12-14-23)19(24)8-7-16-15-22(10-4-9-20)18-6-3-2-5-17(16)18/h2-3,5-8,15H,4,10-14H2,1H3/b8-7+. The van der Waals surface area contributed by atoms with Crippen molar-refractivity contribution in [2.24, 2.45) is 0 Å². The van der Waals surface area contributed by atoms with Crippen molar-refractivity contribution < 1.29 is 13.2 Å². The first-order chi connectivity index (χ1) is 12.9. The summed E-state index contributed by atoms with van der Waals surface area (Å²) in [6.07, 6.45) is 6.88. The highest BCUT2D eigenvalue weighted by molar-refractivity contribution is 7.88. The SMILES string of the molecule is CS(=O)(=O)N1CCN(C(=O)/C=C/c2cn(CCC#N)c3ccccc23)CC1. The Morgan fingerprint density at radius 1 is 1.22 bits per heavy atom. The molecule has 1 aliphatic heterocycles. The number of amides is 1. The lowest BCUT2D eigenvalue weighted by Crippen LogP contribution is -2.49. The molecule has 1 saturated heterocycles. The first kappa shape index (κ1) is 19.1. The lowest BCUT2D eigenvalue weighted by atomic mass is 10.1. The van der Waals surface area contributed by atoms with E-state index in [1.165, 1.54) is 16.6 Å². The summed E-state index contributed by atoms with van der Waals surface area (Å²) in [6.45, 7) is 2.03. The van der Waals surface area contributed by atoms with Gasteiger partial charge in [0.1, 0.15) is 0 Å². The molecule has 2 heterocycles. The van der Waals surface area contributed by atoms with E-state index in [9.17, 15) is 13.2 Å². The molecule has 1 fully saturated rings. The van der Waals surface area contributed by atoms with Gasteiger partial charge in [-0.25, -0.2) is 8.42 Å². The molecule has 0 atom stereocenters. The fraction of sp³-hybridized carbons (Fsp3) is 0.368. The Hall–Kier alpha value is -2.63. The second kappa shape index (κ2) is 7.94. The number of nitrogens with zero attached hydrogens (tertiary/aromatic N) is 4. The predicted octanol–water partition coefficient (Wildman–Crippen LogP) is 1.67. The molecule has 0 spiro atoms. The van der Waals surface area contributed by atoms with E-state index in [4.69, 9.17) is 5.26 Å². The number of rotatable bonds is 5. The fourth-order valence-electron chi connectivity index (χ4n) is 3.27. The molecule has 1 amide bonds. The molecule has 0 N–H and O–H groups in total. The number of hydrogen-bond donors (Lipinski definition) is 0. The molecule has 27 heavy (non-hydrogen) atoms. The van der Waals surface area contributed by atoms with Gasteiger partial charge in [0.05, 0.1) is 18.7 Å². The van der Waals surface area contributed by atoms with Crippen LogP contribution >= 0.6 is 0 Å². The molecule has 142 valence electrons. The summed E-state index contributed by atoms with van der Waals surface area (Å²) in [6, 6.07) is 10.0. The highest BCUT2D eigenvalue weighted by Gasteiger charge is 2.25. The highest BCUT2D eigenvalue weighted by atomic mass is 32.2. The Labute approximate surface area is 159 Å². The van der Waals surface area contributed by atoms with Crippen LogP contribution in [0.5, 0.6) is 0 Å². The summed E-state index contributed by atoms with van der Waals surface area (Å²) < 4.78 is 26.5. The van der Waals surface area contributed by atoms with Crippen molar-refractivity contribution in [2.45, 2.75) is 13.0 Å². The zero-order valence-corrected chi connectivity index (χ0v) is 16.0. The van der Waals surface area contributed by atoms with Crippen LogP contribution in [0, 0.1) is 11.3 Å². The van der Waals surface area contributed by atoms with Gasteiger partial charge in [0.2, 0.25) is 15.9 Å². The molecule has 1 aromatic carbocycles. The van der Waals surface area contributed by atoms with Crippen LogP contribution < -0.4 is 0 Å². The van der Waals surface area contributed by atoms with E-state index in [0.717, 1.165) is 16.5 Å². The van der Waals surface area contributed by atoms with Gasteiger partial charge >= 0.3 is 0 Å². The van der Waals surface area contributed by atoms with Crippen molar-refractivity contribution in [1.29, 1.82) is 5.26 Å². The monoisotopic (exact) mass is 386 g/mol. The van der Waals surface area contributed by atoms with Crippen molar-refractivity contribution in [3.63, 3.8) is 0 Å². The van der Waals surface area contributed by atoms with Crippen LogP contribution in [-0.2, 0) is 21.4 Å². The molecular weight excluding hydrogens is 364 g/mol. The number of piperazine rings is 1. The molecular formula is C19H22N4O3S. The van der Waals surface area contributed by atoms with Gasteiger partial charge in [-0.15, -0.1) is 0 Å². The quantitative estimate of drug-likeness (QED) is 0.732. The Morgan fingerprint density at radius 2 is 1.93 bits per heavy atom. The normalized spacial score (nSPS) is 16.1. The van der Waals surface area contributed by atoms with Gasteiger partial charge in [0.15, 0.2) is 0 Å². The minimum atomic E-state index is -3.21. The predicted molar refractivity (Wildman–Crippen MR) is 104 cm³/mol. The number of para-hydroxylation sites is 1. The van der Waals surface area contributed by atoms with Crippen LogP contribution in [-0.4, -0.2) is 60.5 Å². The van der Waals surface area contributed by atoms with E-state index < -0.39 is 10.0 Å². The van der Waals surface area contributed by atoms with E-state index in [1.54, 1.807) is 11.0 Å². The Balaban J connectivity index is 1.73. The molecule has 0 bridgehead atoms. The molecule has 1 aromatic heterocycles. The van der Waals surface area contributed by atoms with E-state index >= 15 is 0 Å². The van der Waals surface area contributed by atoms with Crippen LogP contribution in [0.25, 0.3) is 17.0 Å². The Bertz CT molecular complexity index is 1010. The van der Waals surface area contributed by atoms with E-state index in [1.807, 2.05) is 35.0 Å². The highest BCUT2D eigenvalue weighted by Crippen LogP contribution is 2.23. The maximum absolute atomic E-state index is 12.5. The number of sulfonamides is 1. The van der Waals surface area contributed by atoms with Gasteiger partial charge in [-0.2, -0.15) is 9.57 Å². The lowest BCUT2D eigenvalue weighted by molar-refractivity contribution is -0.127. The number of aryl methyl sites for hydroxylation is 1. The largest absolute Gasteiger partial charge is 0.346 e. The molecule has 3 rings (SSSR count). The molecule has 1 aliphatic rings. The maximum atomic E-state index is 12.5. The summed E-state index contributed by atoms with van der Waals surface area (Å²) in [5.74, 6) is -0.128. The van der Waals surface area contributed by atoms with Crippen molar-refractivity contribution in [3.8, 4) is 6.07 Å². The van der Waals surface area contributed by atoms with Gasteiger partial charge in [-0.1, -0.05) is 18.2 Å². The minimum Gasteiger partial charge on any atom is -0.346 e. The average molecular weight is 386 g/mol. The number of carbonyl (C=O) groups is 1. The van der Waals surface area contributed by atoms with E-state index in [-0.39, 0.29) is 5.91 Å². The maximum Gasteiger partial charge on any atom is 0.246 e. The van der Waals surface area contributed by atoms with Crippen molar-refractivity contribution >= 4 is 32.9 Å². The van der Waals surface area contributed by atoms with Crippen LogP contribution in [0.15, 0.2) is 36.5 Å². The average Bonchev–Trinajstić information content (AvgIpc) is 3.02. The third-order valence-electron chi connectivity index (χ3n) is 4.71. The van der Waals surface area contributed by atoms with Gasteiger partial charge in [0, 0.05) is 61.5 Å². The van der Waals surface area contributed by atoms with E-state index in [2.05, 4.69) is 6.07 Å². The zero-order valence-electron chi connectivity index (χ0n) is 15.2. The van der Waals surface area contributed by atoms with Crippen molar-refractivity contribution in [1.82, 2.24) is 13.8 Å². The van der Waals surface area contributed by atoms with Crippen LogP contribution in [0.2, 0.25) is 0 Å². The Morgan fingerprint density at radius 3 is 2.59 bits per heavy atom. The summed E-state index contributed by atoms with van der Waals surface area (Å²) in [5, 5.41) is 9.86. The fourth-order valence-corrected chi connectivity index (χ4v) is 4.10. The van der Waals surface area contributed by atoms with Crippen LogP contribution in [0.1, 0.15) is 12.0 Å². The van der Waals surface area contributed by atoms with Gasteiger partial charge in [-0.3, -0.25) is 4.79 Å². The second-order valence-corrected chi connectivity index (χ2v) is 8.51. The number of fused-ring (bicyclic) bond motifs is 1. The van der Waals surface area contributed by atoms with Crippen LogP contribution in [0.3, 0.4) is 0 Å². The number of benzene rings is 1. The van der Waals surface area contributed by atoms with Crippen molar-refractivity contribution in [3.05, 3.63) is 42.1 Å². The van der Waals surface area contributed by atoms with E-state index in [0.29, 0.717) is 39.1 Å². The number of nitriles is 1. The molecule has 0 radical (unpaired) electrons. The number of hydrogen-bond acceptors (Lipinski definition) is 4. The zero-order chi connectivity index (χ0) is 19.4. The van der Waals surface area contributed by atoms with Gasteiger partial charge in [0.25, 0.3) is 0 Å². The molecule has 8 heteroatoms. The third-order valence-corrected chi connectivity index (χ3v) is 6.01. The molecule has 0 saturated carbocycles. The van der Waals surface area contributed by atoms with Crippen LogP contribution in [0.4, 0.5) is 0 Å². The first-order valence-electron chi connectivity index (χ1n) is 8.77. The third kappa shape index (κ3) is 4.38. The lowest BCUT2D eigenvalue weighted by Gasteiger charge is -2.32. The van der Waals surface area contributed by atoms with Crippen molar-refractivity contribution in [2.75, 3.05) is 32.4 Å². The topological polar surface area (TPSA) is 86.4 Å².